The summed E-state index contributed by atoms with van der Waals surface area (Å²) >= 11 is 0. The molecule has 34 heavy (non-hydrogen) atoms. The van der Waals surface area contributed by atoms with Crippen molar-refractivity contribution in [3.8, 4) is 11.5 Å². The molecule has 2 aromatic carbocycles. The second-order valence-corrected chi connectivity index (χ2v) is 8.33. The van der Waals surface area contributed by atoms with Crippen LogP contribution >= 0.6 is 12.4 Å². The van der Waals surface area contributed by atoms with Crippen molar-refractivity contribution in [2.45, 2.75) is 49.4 Å². The van der Waals surface area contributed by atoms with Crippen LogP contribution in [0.4, 0.5) is 26.3 Å². The van der Waals surface area contributed by atoms with E-state index in [9.17, 15) is 26.3 Å². The SMILES string of the molecule is Cl.FC(F)(F)COc1ccc(OC(F)(F)F)cc1[C@@H]1CO[C@]2(CCCN[C@H]2c2ccccc2)C1. The summed E-state index contributed by atoms with van der Waals surface area (Å²) in [7, 11) is 0. The Labute approximate surface area is 199 Å². The number of nitrogens with one attached hydrogen (secondary N) is 1. The highest BCUT2D eigenvalue weighted by molar-refractivity contribution is 5.85. The predicted octanol–water partition coefficient (Wildman–Crippen LogP) is 6.32. The molecular formula is C23H24ClF6NO3. The van der Waals surface area contributed by atoms with E-state index in [-0.39, 0.29) is 36.4 Å². The Bertz CT molecular complexity index is 956. The Morgan fingerprint density at radius 1 is 1.03 bits per heavy atom. The van der Waals surface area contributed by atoms with E-state index in [1.165, 1.54) is 0 Å². The molecule has 1 spiro atoms. The van der Waals surface area contributed by atoms with Crippen LogP contribution < -0.4 is 14.8 Å². The van der Waals surface area contributed by atoms with E-state index in [0.29, 0.717) is 12.8 Å². The lowest BCUT2D eigenvalue weighted by Gasteiger charge is -2.41. The van der Waals surface area contributed by atoms with Gasteiger partial charge in [0.2, 0.25) is 0 Å². The monoisotopic (exact) mass is 511 g/mol. The topological polar surface area (TPSA) is 39.7 Å². The van der Waals surface area contributed by atoms with E-state index < -0.39 is 36.4 Å². The van der Waals surface area contributed by atoms with Crippen LogP contribution in [0.25, 0.3) is 0 Å². The first kappa shape index (κ1) is 26.4. The summed E-state index contributed by atoms with van der Waals surface area (Å²) in [5.41, 5.74) is 0.586. The summed E-state index contributed by atoms with van der Waals surface area (Å²) in [6, 6.07) is 12.6. The van der Waals surface area contributed by atoms with E-state index in [2.05, 4.69) is 10.1 Å². The van der Waals surface area contributed by atoms with Crippen molar-refractivity contribution < 1.29 is 40.6 Å². The fourth-order valence-electron chi connectivity index (χ4n) is 4.74. The fraction of sp³-hybridized carbons (Fsp3) is 0.478. The summed E-state index contributed by atoms with van der Waals surface area (Å²) in [5.74, 6) is -1.11. The Balaban J connectivity index is 0.00000324. The van der Waals surface area contributed by atoms with Crippen molar-refractivity contribution >= 4 is 12.4 Å². The van der Waals surface area contributed by atoms with E-state index in [4.69, 9.17) is 9.47 Å². The summed E-state index contributed by atoms with van der Waals surface area (Å²) in [5, 5.41) is 3.46. The molecule has 0 aliphatic carbocycles. The normalized spacial score (nSPS) is 25.1. The van der Waals surface area contributed by atoms with Crippen molar-refractivity contribution in [1.82, 2.24) is 5.32 Å². The van der Waals surface area contributed by atoms with Gasteiger partial charge in [-0.15, -0.1) is 25.6 Å². The van der Waals surface area contributed by atoms with Crippen LogP contribution in [0.2, 0.25) is 0 Å². The van der Waals surface area contributed by atoms with Gasteiger partial charge in [-0.05, 0) is 49.6 Å². The average molecular weight is 512 g/mol. The van der Waals surface area contributed by atoms with Crippen LogP contribution in [0.1, 0.15) is 42.3 Å². The Kier molecular flexibility index (Phi) is 7.94. The number of alkyl halides is 6. The standard InChI is InChI=1S/C23H23F6NO3.ClH/c24-22(25,26)14-31-19-8-7-17(33-23(27,28)29)11-18(19)16-12-21(32-13-16)9-4-10-30-20(21)15-5-2-1-3-6-15;/h1-3,5-8,11,16,20,30H,4,9-10,12-14H2;1H/t16-,20-,21+;/m0./s1. The molecule has 4 nitrogen and oxygen atoms in total. The minimum absolute atomic E-state index is 0. The number of ether oxygens (including phenoxy) is 3. The van der Waals surface area contributed by atoms with E-state index >= 15 is 0 Å². The van der Waals surface area contributed by atoms with Gasteiger partial charge in [0.1, 0.15) is 11.5 Å². The van der Waals surface area contributed by atoms with Crippen molar-refractivity contribution in [1.29, 1.82) is 0 Å². The number of halogens is 7. The van der Waals surface area contributed by atoms with Gasteiger partial charge >= 0.3 is 12.5 Å². The molecule has 2 saturated heterocycles. The molecule has 0 aromatic heterocycles. The third kappa shape index (κ3) is 6.28. The lowest BCUT2D eigenvalue weighted by atomic mass is 9.77. The Morgan fingerprint density at radius 3 is 2.44 bits per heavy atom. The van der Waals surface area contributed by atoms with Gasteiger partial charge < -0.3 is 19.5 Å². The molecule has 2 aromatic rings. The summed E-state index contributed by atoms with van der Waals surface area (Å²) < 4.78 is 91.7. The van der Waals surface area contributed by atoms with Crippen LogP contribution in [-0.2, 0) is 4.74 Å². The molecule has 0 amide bonds. The summed E-state index contributed by atoms with van der Waals surface area (Å²) in [6.07, 6.45) is -7.54. The quantitative estimate of drug-likeness (QED) is 0.477. The van der Waals surface area contributed by atoms with Crippen LogP contribution in [0, 0.1) is 0 Å². The van der Waals surface area contributed by atoms with Gasteiger partial charge in [-0.2, -0.15) is 13.2 Å². The number of rotatable bonds is 5. The molecule has 188 valence electrons. The zero-order chi connectivity index (χ0) is 23.7. The van der Waals surface area contributed by atoms with Crippen LogP contribution in [-0.4, -0.2) is 37.9 Å². The van der Waals surface area contributed by atoms with Gasteiger partial charge in [-0.1, -0.05) is 30.3 Å². The maximum atomic E-state index is 12.7. The van der Waals surface area contributed by atoms with Gasteiger partial charge in [0.05, 0.1) is 18.2 Å². The van der Waals surface area contributed by atoms with Crippen LogP contribution in [0.15, 0.2) is 48.5 Å². The zero-order valence-corrected chi connectivity index (χ0v) is 18.7. The molecule has 2 heterocycles. The molecule has 0 unspecified atom stereocenters. The molecule has 2 aliphatic rings. The number of piperidine rings is 1. The van der Waals surface area contributed by atoms with Gasteiger partial charge in [-0.3, -0.25) is 0 Å². The fourth-order valence-corrected chi connectivity index (χ4v) is 4.74. The minimum atomic E-state index is -4.93. The smallest absolute Gasteiger partial charge is 0.484 e. The molecule has 2 fully saturated rings. The lowest BCUT2D eigenvalue weighted by Crippen LogP contribution is -2.48. The second kappa shape index (κ2) is 10.2. The van der Waals surface area contributed by atoms with Gasteiger partial charge in [0.15, 0.2) is 6.61 Å². The molecule has 3 atom stereocenters. The van der Waals surface area contributed by atoms with Gasteiger partial charge in [0.25, 0.3) is 0 Å². The van der Waals surface area contributed by atoms with E-state index in [0.717, 1.165) is 36.7 Å². The maximum Gasteiger partial charge on any atom is 0.573 e. The van der Waals surface area contributed by atoms with Crippen molar-refractivity contribution in [2.24, 2.45) is 0 Å². The number of hydrogen-bond acceptors (Lipinski definition) is 4. The highest BCUT2D eigenvalue weighted by Crippen LogP contribution is 2.50. The lowest BCUT2D eigenvalue weighted by molar-refractivity contribution is -0.274. The predicted molar refractivity (Wildman–Crippen MR) is 114 cm³/mol. The molecule has 0 saturated carbocycles. The highest BCUT2D eigenvalue weighted by atomic mass is 35.5. The molecule has 0 radical (unpaired) electrons. The summed E-state index contributed by atoms with van der Waals surface area (Å²) in [4.78, 5) is 0. The van der Waals surface area contributed by atoms with Crippen LogP contribution in [0.3, 0.4) is 0 Å². The third-order valence-corrected chi connectivity index (χ3v) is 5.99. The maximum absolute atomic E-state index is 12.7. The second-order valence-electron chi connectivity index (χ2n) is 8.33. The van der Waals surface area contributed by atoms with Gasteiger partial charge in [0, 0.05) is 11.5 Å². The average Bonchev–Trinajstić information content (AvgIpc) is 3.16. The molecule has 4 rings (SSSR count). The molecule has 11 heteroatoms. The van der Waals surface area contributed by atoms with E-state index in [1.54, 1.807) is 0 Å². The number of benzene rings is 2. The highest BCUT2D eigenvalue weighted by Gasteiger charge is 2.49. The Morgan fingerprint density at radius 2 is 1.76 bits per heavy atom. The number of hydrogen-bond donors (Lipinski definition) is 1. The zero-order valence-electron chi connectivity index (χ0n) is 17.9. The first-order valence-electron chi connectivity index (χ1n) is 10.6. The largest absolute Gasteiger partial charge is 0.573 e. The van der Waals surface area contributed by atoms with Crippen molar-refractivity contribution in [3.05, 3.63) is 59.7 Å². The Hall–Kier alpha value is -2.17. The first-order chi connectivity index (χ1) is 15.5. The molecular weight excluding hydrogens is 488 g/mol. The summed E-state index contributed by atoms with van der Waals surface area (Å²) in [6.45, 7) is -0.626. The van der Waals surface area contributed by atoms with Crippen molar-refractivity contribution in [2.75, 3.05) is 19.8 Å². The first-order valence-corrected chi connectivity index (χ1v) is 10.6. The molecule has 2 aliphatic heterocycles. The van der Waals surface area contributed by atoms with E-state index in [1.807, 2.05) is 30.3 Å². The van der Waals surface area contributed by atoms with Crippen LogP contribution in [0.5, 0.6) is 11.5 Å². The third-order valence-electron chi connectivity index (χ3n) is 5.99. The van der Waals surface area contributed by atoms with Gasteiger partial charge in [-0.25, -0.2) is 0 Å². The minimum Gasteiger partial charge on any atom is -0.484 e. The molecule has 0 bridgehead atoms. The van der Waals surface area contributed by atoms with Crippen molar-refractivity contribution in [3.63, 3.8) is 0 Å². The molecule has 1 N–H and O–H groups in total.